The fourth-order valence-electron chi connectivity index (χ4n) is 4.33. The minimum atomic E-state index is -5.83. The van der Waals surface area contributed by atoms with Gasteiger partial charge in [0.05, 0.1) is 38.6 Å². The zero-order valence-electron chi connectivity index (χ0n) is 22.0. The van der Waals surface area contributed by atoms with E-state index in [1.807, 2.05) is 0 Å². The van der Waals surface area contributed by atoms with E-state index in [0.29, 0.717) is 0 Å². The van der Waals surface area contributed by atoms with Crippen LogP contribution in [0.3, 0.4) is 0 Å². The van der Waals surface area contributed by atoms with Gasteiger partial charge in [-0.1, -0.05) is 0 Å². The third kappa shape index (κ3) is 7.55. The number of anilines is 1. The molecule has 242 valence electrons. The highest BCUT2D eigenvalue weighted by Crippen LogP contribution is 2.47. The molecule has 2 aliphatic heterocycles. The largest absolute Gasteiger partial charge is 0.756 e. The second-order valence-electron chi connectivity index (χ2n) is 9.39. The summed E-state index contributed by atoms with van der Waals surface area (Å²) in [6.07, 6.45) is -9.23. The number of aromatic nitrogens is 2. The molecule has 1 aromatic rings. The van der Waals surface area contributed by atoms with E-state index >= 15 is 0 Å². The van der Waals surface area contributed by atoms with E-state index in [1.54, 1.807) is 0 Å². The Morgan fingerprint density at radius 1 is 1.28 bits per heavy atom. The maximum Gasteiger partial charge on any atom is 0.369 e. The number of carboxylic acid groups (broad SMARTS) is 1. The van der Waals surface area contributed by atoms with Gasteiger partial charge in [-0.05, 0) is 6.07 Å². The third-order valence-electron chi connectivity index (χ3n) is 6.52. The quantitative estimate of drug-likeness (QED) is 0.0896. The van der Waals surface area contributed by atoms with Crippen LogP contribution in [0.1, 0.15) is 6.23 Å². The van der Waals surface area contributed by atoms with E-state index in [1.165, 1.54) is 6.07 Å². The molecule has 1 saturated heterocycles. The maximum atomic E-state index is 12.8. The number of phosphoric ester groups is 1. The SMILES string of the molecule is NCC(=O)N[C@@H]1C(O)=C[C@@](OP(=O)([O-])OCC2O[C@@H](n3ccc(N)nc3=O)C(O)C2O)(C(=O)O)OC1C(CO)C(O)CO. The summed E-state index contributed by atoms with van der Waals surface area (Å²) in [5.74, 6) is -9.36. The molecule has 0 spiro atoms. The smallest absolute Gasteiger partial charge is 0.369 e. The predicted octanol–water partition coefficient (Wildman–Crippen LogP) is -6.03. The van der Waals surface area contributed by atoms with Gasteiger partial charge in [0, 0.05) is 18.2 Å². The first-order valence-electron chi connectivity index (χ1n) is 12.3. The van der Waals surface area contributed by atoms with Crippen LogP contribution in [0.4, 0.5) is 5.82 Å². The number of hydrogen-bond donors (Lipinski definition) is 10. The van der Waals surface area contributed by atoms with Crippen LogP contribution in [0.5, 0.6) is 0 Å². The fraction of sp³-hybridized carbons (Fsp3) is 0.619. The zero-order chi connectivity index (χ0) is 32.3. The van der Waals surface area contributed by atoms with Gasteiger partial charge in [-0.15, -0.1) is 0 Å². The summed E-state index contributed by atoms with van der Waals surface area (Å²) in [6.45, 7) is -3.75. The van der Waals surface area contributed by atoms with Gasteiger partial charge in [0.15, 0.2) is 6.23 Å². The number of nitrogen functional groups attached to an aromatic ring is 1. The van der Waals surface area contributed by atoms with Crippen molar-refractivity contribution in [2.75, 3.05) is 32.1 Å². The molecule has 12 N–H and O–H groups in total. The molecule has 7 unspecified atom stereocenters. The lowest BCUT2D eigenvalue weighted by molar-refractivity contribution is -0.280. The van der Waals surface area contributed by atoms with Gasteiger partial charge in [-0.25, -0.2) is 9.59 Å². The normalized spacial score (nSPS) is 31.9. The van der Waals surface area contributed by atoms with E-state index in [9.17, 15) is 59.6 Å². The van der Waals surface area contributed by atoms with Crippen molar-refractivity contribution >= 4 is 25.5 Å². The molecule has 21 nitrogen and oxygen atoms in total. The number of carbonyl (C=O) groups excluding carboxylic acids is 1. The molecule has 22 heteroatoms. The molecular weight excluding hydrogens is 609 g/mol. The van der Waals surface area contributed by atoms with Gasteiger partial charge in [-0.2, -0.15) is 4.98 Å². The summed E-state index contributed by atoms with van der Waals surface area (Å²) in [7, 11) is -5.83. The molecule has 2 aliphatic rings. The van der Waals surface area contributed by atoms with E-state index in [0.717, 1.165) is 10.8 Å². The number of aliphatic carboxylic acids is 1. The number of rotatable bonds is 13. The van der Waals surface area contributed by atoms with Crippen molar-refractivity contribution < 1.29 is 73.3 Å². The summed E-state index contributed by atoms with van der Waals surface area (Å²) in [4.78, 5) is 52.5. The lowest BCUT2D eigenvalue weighted by Crippen LogP contribution is -2.61. The number of nitrogens with two attached hydrogens (primary N) is 2. The minimum Gasteiger partial charge on any atom is -0.756 e. The van der Waals surface area contributed by atoms with Crippen LogP contribution >= 0.6 is 7.82 Å². The van der Waals surface area contributed by atoms with Crippen LogP contribution in [-0.4, -0.2) is 126 Å². The van der Waals surface area contributed by atoms with Crippen LogP contribution in [0.25, 0.3) is 0 Å². The van der Waals surface area contributed by atoms with Gasteiger partial charge in [0.25, 0.3) is 13.6 Å². The summed E-state index contributed by atoms with van der Waals surface area (Å²) in [6, 6.07) is -0.518. The Kier molecular flexibility index (Phi) is 11.0. The summed E-state index contributed by atoms with van der Waals surface area (Å²) >= 11 is 0. The Balaban J connectivity index is 1.85. The number of nitrogens with zero attached hydrogens (tertiary/aromatic N) is 2. The second kappa shape index (κ2) is 13.7. The molecule has 0 radical (unpaired) electrons. The van der Waals surface area contributed by atoms with Crippen molar-refractivity contribution in [3.8, 4) is 0 Å². The fourth-order valence-corrected chi connectivity index (χ4v) is 5.22. The Bertz CT molecular complexity index is 1310. The van der Waals surface area contributed by atoms with Crippen molar-refractivity contribution in [3.05, 3.63) is 34.6 Å². The summed E-state index contributed by atoms with van der Waals surface area (Å²) in [5.41, 5.74) is 9.68. The predicted molar refractivity (Wildman–Crippen MR) is 134 cm³/mol. The average Bonchev–Trinajstić information content (AvgIpc) is 3.22. The molecule has 0 aromatic carbocycles. The van der Waals surface area contributed by atoms with Gasteiger partial charge >= 0.3 is 11.7 Å². The number of phosphoric acid groups is 1. The number of ether oxygens (including phenoxy) is 2. The van der Waals surface area contributed by atoms with Gasteiger partial charge < -0.3 is 71.4 Å². The van der Waals surface area contributed by atoms with Crippen molar-refractivity contribution in [1.29, 1.82) is 0 Å². The Hall–Kier alpha value is -3.05. The number of amides is 1. The number of aliphatic hydroxyl groups is 6. The van der Waals surface area contributed by atoms with Crippen molar-refractivity contribution in [1.82, 2.24) is 14.9 Å². The van der Waals surface area contributed by atoms with Crippen LogP contribution in [-0.2, 0) is 32.7 Å². The average molecular weight is 640 g/mol. The zero-order valence-corrected chi connectivity index (χ0v) is 22.9. The summed E-state index contributed by atoms with van der Waals surface area (Å²) in [5, 5.41) is 72.6. The number of carbonyl (C=O) groups is 2. The van der Waals surface area contributed by atoms with Crippen LogP contribution in [0, 0.1) is 5.92 Å². The molecule has 0 saturated carbocycles. The van der Waals surface area contributed by atoms with Gasteiger partial charge in [0.1, 0.15) is 35.9 Å². The first kappa shape index (κ1) is 34.4. The Labute approximate surface area is 241 Å². The highest BCUT2D eigenvalue weighted by atomic mass is 31.2. The van der Waals surface area contributed by atoms with Crippen LogP contribution in [0.15, 0.2) is 28.9 Å². The third-order valence-corrected chi connectivity index (χ3v) is 7.48. The van der Waals surface area contributed by atoms with E-state index in [4.69, 9.17) is 20.9 Å². The monoisotopic (exact) mass is 640 g/mol. The molecule has 0 aliphatic carbocycles. The molecule has 3 rings (SSSR count). The van der Waals surface area contributed by atoms with Crippen molar-refractivity contribution in [2.45, 2.75) is 48.6 Å². The topological polar surface area (TPSA) is 352 Å². The molecular formula is C21H31N5O16P-. The van der Waals surface area contributed by atoms with Crippen molar-refractivity contribution in [2.24, 2.45) is 11.7 Å². The molecule has 1 amide bonds. The standard InChI is InChI=1S/C21H32N5O16P/c22-4-13(31)25-14-9(29)3-21(19(34)35,41-17(14)8(5-27)10(30)6-28)42-43(37,38)39-7-11-15(32)16(33)18(40-11)26-2-1-12(23)24-20(26)36/h1-3,8,10-11,14-18,27-30,32-33H,4-7,22H2,(H,25,31)(H,34,35)(H,37,38)(H2,23,24,36)/p-1/t8?,10?,11?,14-,15?,16?,17?,18-,21-/m1/s1. The molecule has 43 heavy (non-hydrogen) atoms. The van der Waals surface area contributed by atoms with Crippen LogP contribution < -0.4 is 27.4 Å². The highest BCUT2D eigenvalue weighted by Gasteiger charge is 2.54. The minimum absolute atomic E-state index is 0.150. The molecule has 0 bridgehead atoms. The first-order valence-corrected chi connectivity index (χ1v) is 13.8. The molecule has 1 fully saturated rings. The molecule has 10 atom stereocenters. The Morgan fingerprint density at radius 2 is 1.95 bits per heavy atom. The maximum absolute atomic E-state index is 12.8. The van der Waals surface area contributed by atoms with E-state index in [-0.39, 0.29) is 11.9 Å². The molecule has 3 heterocycles. The van der Waals surface area contributed by atoms with Gasteiger partial charge in [-0.3, -0.25) is 18.5 Å². The Morgan fingerprint density at radius 3 is 2.51 bits per heavy atom. The number of hydrogen-bond acceptors (Lipinski definition) is 18. The number of carboxylic acids is 1. The number of aliphatic hydroxyl groups excluding tert-OH is 6. The first-order chi connectivity index (χ1) is 20.1. The lowest BCUT2D eigenvalue weighted by Gasteiger charge is -2.44. The van der Waals surface area contributed by atoms with Crippen molar-refractivity contribution in [3.63, 3.8) is 0 Å². The molecule has 1 aromatic heterocycles. The van der Waals surface area contributed by atoms with Crippen LogP contribution in [0.2, 0.25) is 0 Å². The van der Waals surface area contributed by atoms with E-state index < -0.39 is 112 Å². The summed E-state index contributed by atoms with van der Waals surface area (Å²) < 4.78 is 33.5. The highest BCUT2D eigenvalue weighted by molar-refractivity contribution is 7.46. The second-order valence-corrected chi connectivity index (χ2v) is 10.7. The number of nitrogens with one attached hydrogen (secondary N) is 1. The van der Waals surface area contributed by atoms with Gasteiger partial charge in [0.2, 0.25) is 5.91 Å². The lowest BCUT2D eigenvalue weighted by atomic mass is 9.88. The van der Waals surface area contributed by atoms with E-state index in [2.05, 4.69) is 19.3 Å².